The summed E-state index contributed by atoms with van der Waals surface area (Å²) in [6, 6.07) is 10.5. The summed E-state index contributed by atoms with van der Waals surface area (Å²) in [7, 11) is 0. The standard InChI is InChI=1S/C13H19N3/c1-9-7-13(15)16-12(9)8-11(14)10-5-3-2-4-6-10/h2-6,9,11-12H,7-8,14H2,1H3,(H2,15,16)/t9-,11?,12-/m0/s1. The highest BCUT2D eigenvalue weighted by atomic mass is 14.9. The Labute approximate surface area is 96.6 Å². The van der Waals surface area contributed by atoms with Gasteiger partial charge < -0.3 is 11.5 Å². The van der Waals surface area contributed by atoms with E-state index in [1.54, 1.807) is 0 Å². The molecule has 0 spiro atoms. The van der Waals surface area contributed by atoms with Crippen LogP contribution in [0, 0.1) is 5.92 Å². The highest BCUT2D eigenvalue weighted by Gasteiger charge is 2.26. The third-order valence-electron chi connectivity index (χ3n) is 3.24. The van der Waals surface area contributed by atoms with Crippen LogP contribution in [-0.2, 0) is 0 Å². The lowest BCUT2D eigenvalue weighted by atomic mass is 9.93. The Morgan fingerprint density at radius 3 is 2.62 bits per heavy atom. The maximum Gasteiger partial charge on any atom is 0.0944 e. The van der Waals surface area contributed by atoms with Gasteiger partial charge in [0.1, 0.15) is 0 Å². The zero-order chi connectivity index (χ0) is 11.5. The van der Waals surface area contributed by atoms with E-state index < -0.39 is 0 Å². The molecule has 0 aliphatic carbocycles. The van der Waals surface area contributed by atoms with Gasteiger partial charge in [-0.1, -0.05) is 37.3 Å². The summed E-state index contributed by atoms with van der Waals surface area (Å²) >= 11 is 0. The SMILES string of the molecule is C[C@H]1CC(N)=N[C@H]1CC(N)c1ccccc1. The molecule has 0 amide bonds. The fourth-order valence-corrected chi connectivity index (χ4v) is 2.24. The van der Waals surface area contributed by atoms with E-state index in [4.69, 9.17) is 11.5 Å². The van der Waals surface area contributed by atoms with Gasteiger partial charge >= 0.3 is 0 Å². The third-order valence-corrected chi connectivity index (χ3v) is 3.24. The first kappa shape index (κ1) is 11.1. The monoisotopic (exact) mass is 217 g/mol. The van der Waals surface area contributed by atoms with Gasteiger partial charge in [0.15, 0.2) is 0 Å². The van der Waals surface area contributed by atoms with Gasteiger partial charge in [0.2, 0.25) is 0 Å². The molecule has 0 saturated carbocycles. The van der Waals surface area contributed by atoms with Gasteiger partial charge in [-0.2, -0.15) is 0 Å². The number of nitrogens with zero attached hydrogens (tertiary/aromatic N) is 1. The van der Waals surface area contributed by atoms with E-state index in [-0.39, 0.29) is 12.1 Å². The minimum absolute atomic E-state index is 0.0586. The average Bonchev–Trinajstić information content (AvgIpc) is 2.59. The topological polar surface area (TPSA) is 64.4 Å². The molecular weight excluding hydrogens is 198 g/mol. The second kappa shape index (κ2) is 4.66. The molecular formula is C13H19N3. The minimum Gasteiger partial charge on any atom is -0.387 e. The average molecular weight is 217 g/mol. The van der Waals surface area contributed by atoms with Gasteiger partial charge in [-0.05, 0) is 17.9 Å². The number of hydrogen-bond acceptors (Lipinski definition) is 3. The smallest absolute Gasteiger partial charge is 0.0944 e. The van der Waals surface area contributed by atoms with Crippen LogP contribution in [0.1, 0.15) is 31.4 Å². The van der Waals surface area contributed by atoms with Crippen molar-refractivity contribution in [2.45, 2.75) is 31.8 Å². The highest BCUT2D eigenvalue weighted by Crippen LogP contribution is 2.27. The van der Waals surface area contributed by atoms with E-state index in [1.807, 2.05) is 18.2 Å². The van der Waals surface area contributed by atoms with Gasteiger partial charge in [-0.15, -0.1) is 0 Å². The van der Waals surface area contributed by atoms with Crippen LogP contribution >= 0.6 is 0 Å². The van der Waals surface area contributed by atoms with Crippen molar-refractivity contribution in [1.82, 2.24) is 0 Å². The largest absolute Gasteiger partial charge is 0.387 e. The van der Waals surface area contributed by atoms with Gasteiger partial charge in [-0.3, -0.25) is 4.99 Å². The Bertz CT molecular complexity index is 372. The first-order valence-corrected chi connectivity index (χ1v) is 5.79. The predicted molar refractivity (Wildman–Crippen MR) is 67.2 cm³/mol. The Hall–Kier alpha value is -1.35. The Balaban J connectivity index is 2.00. The van der Waals surface area contributed by atoms with Crippen LogP contribution in [0.4, 0.5) is 0 Å². The van der Waals surface area contributed by atoms with Crippen molar-refractivity contribution < 1.29 is 0 Å². The quantitative estimate of drug-likeness (QED) is 0.811. The number of benzene rings is 1. The second-order valence-corrected chi connectivity index (χ2v) is 4.62. The van der Waals surface area contributed by atoms with Gasteiger partial charge in [-0.25, -0.2) is 0 Å². The molecule has 1 unspecified atom stereocenters. The molecule has 2 rings (SSSR count). The van der Waals surface area contributed by atoms with Crippen molar-refractivity contribution in [3.63, 3.8) is 0 Å². The highest BCUT2D eigenvalue weighted by molar-refractivity contribution is 5.82. The lowest BCUT2D eigenvalue weighted by molar-refractivity contribution is 0.440. The number of hydrogen-bond donors (Lipinski definition) is 2. The summed E-state index contributed by atoms with van der Waals surface area (Å²) in [5.74, 6) is 1.30. The summed E-state index contributed by atoms with van der Waals surface area (Å²) in [6.07, 6.45) is 1.79. The molecule has 0 saturated heterocycles. The summed E-state index contributed by atoms with van der Waals surface area (Å²) in [5.41, 5.74) is 13.1. The van der Waals surface area contributed by atoms with Crippen LogP contribution in [0.2, 0.25) is 0 Å². The fourth-order valence-electron chi connectivity index (χ4n) is 2.24. The molecule has 1 aliphatic heterocycles. The molecule has 16 heavy (non-hydrogen) atoms. The van der Waals surface area contributed by atoms with Crippen molar-refractivity contribution >= 4 is 5.84 Å². The van der Waals surface area contributed by atoms with Crippen molar-refractivity contribution in [3.05, 3.63) is 35.9 Å². The van der Waals surface area contributed by atoms with Crippen molar-refractivity contribution in [2.75, 3.05) is 0 Å². The zero-order valence-corrected chi connectivity index (χ0v) is 9.63. The van der Waals surface area contributed by atoms with Crippen LogP contribution in [0.15, 0.2) is 35.3 Å². The lowest BCUT2D eigenvalue weighted by Gasteiger charge is -2.18. The summed E-state index contributed by atoms with van der Waals surface area (Å²) in [5, 5.41) is 0. The van der Waals surface area contributed by atoms with E-state index in [9.17, 15) is 0 Å². The summed E-state index contributed by atoms with van der Waals surface area (Å²) < 4.78 is 0. The van der Waals surface area contributed by atoms with Crippen LogP contribution in [0.25, 0.3) is 0 Å². The molecule has 0 bridgehead atoms. The van der Waals surface area contributed by atoms with E-state index in [0.29, 0.717) is 5.92 Å². The molecule has 86 valence electrons. The Morgan fingerprint density at radius 2 is 2.06 bits per heavy atom. The summed E-state index contributed by atoms with van der Waals surface area (Å²) in [4.78, 5) is 4.45. The first-order chi connectivity index (χ1) is 7.66. The lowest BCUT2D eigenvalue weighted by Crippen LogP contribution is -2.20. The molecule has 3 heteroatoms. The molecule has 0 aromatic heterocycles. The van der Waals surface area contributed by atoms with Crippen molar-refractivity contribution in [1.29, 1.82) is 0 Å². The molecule has 3 nitrogen and oxygen atoms in total. The maximum atomic E-state index is 6.17. The first-order valence-electron chi connectivity index (χ1n) is 5.79. The number of amidine groups is 1. The molecule has 0 fully saturated rings. The minimum atomic E-state index is 0.0586. The van der Waals surface area contributed by atoms with E-state index in [1.165, 1.54) is 5.56 Å². The zero-order valence-electron chi connectivity index (χ0n) is 9.63. The van der Waals surface area contributed by atoms with Gasteiger partial charge in [0.05, 0.1) is 11.9 Å². The molecule has 1 aromatic carbocycles. The number of rotatable bonds is 3. The van der Waals surface area contributed by atoms with Crippen LogP contribution in [0.5, 0.6) is 0 Å². The van der Waals surface area contributed by atoms with E-state index in [0.717, 1.165) is 18.7 Å². The van der Waals surface area contributed by atoms with Gasteiger partial charge in [0.25, 0.3) is 0 Å². The molecule has 1 heterocycles. The number of aliphatic imine (C=N–C) groups is 1. The van der Waals surface area contributed by atoms with Crippen LogP contribution in [-0.4, -0.2) is 11.9 Å². The van der Waals surface area contributed by atoms with Crippen LogP contribution < -0.4 is 11.5 Å². The fraction of sp³-hybridized carbons (Fsp3) is 0.462. The van der Waals surface area contributed by atoms with E-state index in [2.05, 4.69) is 24.0 Å². The molecule has 0 radical (unpaired) electrons. The van der Waals surface area contributed by atoms with Crippen molar-refractivity contribution in [3.8, 4) is 0 Å². The third kappa shape index (κ3) is 2.42. The maximum absolute atomic E-state index is 6.17. The summed E-state index contributed by atoms with van der Waals surface area (Å²) in [6.45, 7) is 2.19. The Kier molecular flexibility index (Phi) is 3.25. The number of nitrogens with two attached hydrogens (primary N) is 2. The Morgan fingerprint density at radius 1 is 1.38 bits per heavy atom. The predicted octanol–water partition coefficient (Wildman–Crippen LogP) is 1.84. The van der Waals surface area contributed by atoms with Crippen LogP contribution in [0.3, 0.4) is 0 Å². The molecule has 1 aliphatic rings. The molecule has 3 atom stereocenters. The van der Waals surface area contributed by atoms with Gasteiger partial charge in [0, 0.05) is 12.5 Å². The molecule has 4 N–H and O–H groups in total. The van der Waals surface area contributed by atoms with E-state index >= 15 is 0 Å². The van der Waals surface area contributed by atoms with Crippen molar-refractivity contribution in [2.24, 2.45) is 22.4 Å². The normalized spacial score (nSPS) is 26.5. The second-order valence-electron chi connectivity index (χ2n) is 4.62. The molecule has 1 aromatic rings.